The maximum absolute atomic E-state index is 6.44. The van der Waals surface area contributed by atoms with Gasteiger partial charge in [-0.3, -0.25) is 0 Å². The largest absolute Gasteiger partial charge is 0.327 e. The number of rotatable bonds is 4. The molecule has 3 atom stereocenters. The second kappa shape index (κ2) is 6.30. The van der Waals surface area contributed by atoms with Gasteiger partial charge in [-0.15, -0.1) is 0 Å². The highest BCUT2D eigenvalue weighted by Crippen LogP contribution is 2.40. The molecule has 0 aliphatic heterocycles. The molecular weight excluding hydrogens is 242 g/mol. The summed E-state index contributed by atoms with van der Waals surface area (Å²) in [7, 11) is 0. The standard InChI is InChI=1S/C19H29N/c1-2-5-14-10-11-19(20)18(12-14)17-9-4-8-16(13-17)15-6-3-7-15/h4,8-9,13-15,18-19H,2-3,5-7,10-12,20H2,1H3. The molecule has 110 valence electrons. The van der Waals surface area contributed by atoms with Crippen molar-refractivity contribution in [1.29, 1.82) is 0 Å². The minimum Gasteiger partial charge on any atom is -0.327 e. The lowest BCUT2D eigenvalue weighted by molar-refractivity contribution is 0.274. The van der Waals surface area contributed by atoms with Crippen molar-refractivity contribution in [3.05, 3.63) is 35.4 Å². The molecule has 2 saturated carbocycles. The molecule has 0 spiro atoms. The van der Waals surface area contributed by atoms with Gasteiger partial charge in [0.2, 0.25) is 0 Å². The Morgan fingerprint density at radius 3 is 2.60 bits per heavy atom. The number of nitrogens with two attached hydrogens (primary N) is 1. The zero-order chi connectivity index (χ0) is 13.9. The van der Waals surface area contributed by atoms with E-state index in [1.54, 1.807) is 5.56 Å². The first-order chi connectivity index (χ1) is 9.78. The first-order valence-corrected chi connectivity index (χ1v) is 8.63. The summed E-state index contributed by atoms with van der Waals surface area (Å²) in [5.74, 6) is 2.33. The average molecular weight is 271 g/mol. The summed E-state index contributed by atoms with van der Waals surface area (Å²) < 4.78 is 0. The van der Waals surface area contributed by atoms with Crippen LogP contribution in [0, 0.1) is 5.92 Å². The normalized spacial score (nSPS) is 31.0. The van der Waals surface area contributed by atoms with Gasteiger partial charge in [0.1, 0.15) is 0 Å². The molecule has 1 aromatic carbocycles. The van der Waals surface area contributed by atoms with Crippen molar-refractivity contribution in [3.8, 4) is 0 Å². The van der Waals surface area contributed by atoms with Crippen LogP contribution >= 0.6 is 0 Å². The second-order valence-electron chi connectivity index (χ2n) is 7.04. The molecule has 0 radical (unpaired) electrons. The van der Waals surface area contributed by atoms with E-state index >= 15 is 0 Å². The van der Waals surface area contributed by atoms with E-state index in [1.165, 1.54) is 56.9 Å². The fourth-order valence-corrected chi connectivity index (χ4v) is 4.12. The van der Waals surface area contributed by atoms with Gasteiger partial charge in [-0.05, 0) is 61.0 Å². The third-order valence-electron chi connectivity index (χ3n) is 5.62. The molecule has 2 N–H and O–H groups in total. The van der Waals surface area contributed by atoms with Gasteiger partial charge in [0.15, 0.2) is 0 Å². The average Bonchev–Trinajstić information content (AvgIpc) is 2.40. The molecular formula is C19H29N. The van der Waals surface area contributed by atoms with E-state index in [2.05, 4.69) is 31.2 Å². The van der Waals surface area contributed by atoms with Crippen molar-refractivity contribution in [2.45, 2.75) is 76.2 Å². The van der Waals surface area contributed by atoms with Crippen LogP contribution in [0.2, 0.25) is 0 Å². The molecule has 2 aliphatic rings. The summed E-state index contributed by atoms with van der Waals surface area (Å²) in [4.78, 5) is 0. The van der Waals surface area contributed by atoms with E-state index in [1.807, 2.05) is 0 Å². The van der Waals surface area contributed by atoms with Crippen LogP contribution in [0.5, 0.6) is 0 Å². The van der Waals surface area contributed by atoms with Gasteiger partial charge in [-0.1, -0.05) is 50.5 Å². The molecule has 3 unspecified atom stereocenters. The van der Waals surface area contributed by atoms with Crippen molar-refractivity contribution in [3.63, 3.8) is 0 Å². The van der Waals surface area contributed by atoms with Gasteiger partial charge in [-0.2, -0.15) is 0 Å². The minimum atomic E-state index is 0.375. The molecule has 20 heavy (non-hydrogen) atoms. The van der Waals surface area contributed by atoms with Crippen LogP contribution in [0.4, 0.5) is 0 Å². The van der Waals surface area contributed by atoms with Gasteiger partial charge in [0.05, 0.1) is 0 Å². The van der Waals surface area contributed by atoms with E-state index in [-0.39, 0.29) is 0 Å². The van der Waals surface area contributed by atoms with Crippen LogP contribution < -0.4 is 5.73 Å². The Hall–Kier alpha value is -0.820. The molecule has 0 amide bonds. The smallest absolute Gasteiger partial charge is 0.0108 e. The maximum Gasteiger partial charge on any atom is 0.0108 e. The second-order valence-corrected chi connectivity index (χ2v) is 7.04. The summed E-state index contributed by atoms with van der Waals surface area (Å²) in [5.41, 5.74) is 9.53. The van der Waals surface area contributed by atoms with Crippen LogP contribution in [0.25, 0.3) is 0 Å². The highest BCUT2D eigenvalue weighted by Gasteiger charge is 2.29. The van der Waals surface area contributed by atoms with Crippen molar-refractivity contribution >= 4 is 0 Å². The molecule has 0 heterocycles. The Morgan fingerprint density at radius 1 is 1.10 bits per heavy atom. The summed E-state index contributed by atoms with van der Waals surface area (Å²) >= 11 is 0. The Balaban J connectivity index is 1.75. The molecule has 3 rings (SSSR count). The Kier molecular flexibility index (Phi) is 4.45. The predicted molar refractivity (Wildman–Crippen MR) is 86.0 cm³/mol. The van der Waals surface area contributed by atoms with Crippen molar-refractivity contribution in [2.75, 3.05) is 0 Å². The summed E-state index contributed by atoms with van der Waals surface area (Å²) in [6.07, 6.45) is 10.7. The maximum atomic E-state index is 6.44. The molecule has 1 heteroatoms. The van der Waals surface area contributed by atoms with Crippen LogP contribution in [0.3, 0.4) is 0 Å². The summed E-state index contributed by atoms with van der Waals surface area (Å²) in [6, 6.07) is 9.76. The number of hydrogen-bond donors (Lipinski definition) is 1. The van der Waals surface area contributed by atoms with Crippen LogP contribution in [-0.4, -0.2) is 6.04 Å². The molecule has 0 bridgehead atoms. The van der Waals surface area contributed by atoms with Gasteiger partial charge >= 0.3 is 0 Å². The first kappa shape index (κ1) is 14.1. The Bertz CT molecular complexity index is 435. The van der Waals surface area contributed by atoms with Gasteiger partial charge < -0.3 is 5.73 Å². The lowest BCUT2D eigenvalue weighted by atomic mass is 9.72. The number of benzene rings is 1. The quantitative estimate of drug-likeness (QED) is 0.822. The molecule has 1 nitrogen and oxygen atoms in total. The van der Waals surface area contributed by atoms with E-state index in [4.69, 9.17) is 5.73 Å². The van der Waals surface area contributed by atoms with Crippen molar-refractivity contribution in [2.24, 2.45) is 11.7 Å². The fourth-order valence-electron chi connectivity index (χ4n) is 4.12. The zero-order valence-corrected chi connectivity index (χ0v) is 12.9. The molecule has 1 aromatic rings. The number of hydrogen-bond acceptors (Lipinski definition) is 1. The molecule has 0 aromatic heterocycles. The lowest BCUT2D eigenvalue weighted by Gasteiger charge is -2.35. The Labute approximate surface area is 124 Å². The van der Waals surface area contributed by atoms with Crippen LogP contribution in [0.15, 0.2) is 24.3 Å². The molecule has 2 aliphatic carbocycles. The van der Waals surface area contributed by atoms with E-state index < -0.39 is 0 Å². The molecule has 2 fully saturated rings. The van der Waals surface area contributed by atoms with Gasteiger partial charge in [0, 0.05) is 6.04 Å². The summed E-state index contributed by atoms with van der Waals surface area (Å²) in [5, 5.41) is 0. The van der Waals surface area contributed by atoms with E-state index in [0.717, 1.165) is 11.8 Å². The van der Waals surface area contributed by atoms with Crippen molar-refractivity contribution < 1.29 is 0 Å². The van der Waals surface area contributed by atoms with Gasteiger partial charge in [-0.25, -0.2) is 0 Å². The highest BCUT2D eigenvalue weighted by atomic mass is 14.7. The van der Waals surface area contributed by atoms with Crippen LogP contribution in [0.1, 0.15) is 81.3 Å². The topological polar surface area (TPSA) is 26.0 Å². The third-order valence-corrected chi connectivity index (χ3v) is 5.62. The Morgan fingerprint density at radius 2 is 1.90 bits per heavy atom. The SMILES string of the molecule is CCCC1CCC(N)C(c2cccc(C3CCC3)c2)C1. The van der Waals surface area contributed by atoms with Crippen LogP contribution in [-0.2, 0) is 0 Å². The predicted octanol–water partition coefficient (Wildman–Crippen LogP) is 4.97. The fraction of sp³-hybridized carbons (Fsp3) is 0.684. The lowest BCUT2D eigenvalue weighted by Crippen LogP contribution is -2.34. The first-order valence-electron chi connectivity index (χ1n) is 8.63. The zero-order valence-electron chi connectivity index (χ0n) is 12.9. The van der Waals surface area contributed by atoms with E-state index in [9.17, 15) is 0 Å². The third kappa shape index (κ3) is 2.93. The van der Waals surface area contributed by atoms with Crippen molar-refractivity contribution in [1.82, 2.24) is 0 Å². The molecule has 0 saturated heterocycles. The highest BCUT2D eigenvalue weighted by molar-refractivity contribution is 5.31. The van der Waals surface area contributed by atoms with E-state index in [0.29, 0.717) is 12.0 Å². The monoisotopic (exact) mass is 271 g/mol. The summed E-state index contributed by atoms with van der Waals surface area (Å²) in [6.45, 7) is 2.31. The van der Waals surface area contributed by atoms with Gasteiger partial charge in [0.25, 0.3) is 0 Å². The minimum absolute atomic E-state index is 0.375.